The number of hydrogen-bond donors (Lipinski definition) is 2. The van der Waals surface area contributed by atoms with Crippen molar-refractivity contribution in [3.63, 3.8) is 0 Å². The summed E-state index contributed by atoms with van der Waals surface area (Å²) in [5.41, 5.74) is 2.46. The molecule has 2 aromatic rings. The molecule has 5 heteroatoms. The first-order chi connectivity index (χ1) is 9.84. The molecule has 0 saturated carbocycles. The third kappa shape index (κ3) is 2.77. The number of para-hydroxylation sites is 2. The summed E-state index contributed by atoms with van der Waals surface area (Å²) in [5.74, 6) is 0. The average Bonchev–Trinajstić information content (AvgIpc) is 3.03. The van der Waals surface area contributed by atoms with E-state index in [1.165, 1.54) is 11.4 Å². The molecule has 0 aliphatic carbocycles. The van der Waals surface area contributed by atoms with Crippen LogP contribution in [0.3, 0.4) is 0 Å². The van der Waals surface area contributed by atoms with Crippen LogP contribution in [0.2, 0.25) is 0 Å². The molecule has 1 aliphatic rings. The maximum atomic E-state index is 4.10. The number of piperazine rings is 1. The van der Waals surface area contributed by atoms with Crippen LogP contribution in [0.25, 0.3) is 0 Å². The number of hydrogen-bond acceptors (Lipinski definition) is 4. The third-order valence-corrected chi connectivity index (χ3v) is 3.70. The molecular weight excluding hydrogens is 250 g/mol. The Hall–Kier alpha value is -2.01. The number of anilines is 2. The minimum Gasteiger partial charge on any atom is -0.367 e. The minimum atomic E-state index is 0.182. The normalized spacial score (nSPS) is 16.9. The maximum Gasteiger partial charge on any atom is 0.101 e. The summed E-state index contributed by atoms with van der Waals surface area (Å²) in [4.78, 5) is 6.53. The fourth-order valence-electron chi connectivity index (χ4n) is 2.58. The Morgan fingerprint density at radius 3 is 2.80 bits per heavy atom. The van der Waals surface area contributed by atoms with Gasteiger partial charge in [-0.05, 0) is 19.1 Å². The highest BCUT2D eigenvalue weighted by Crippen LogP contribution is 2.27. The Morgan fingerprint density at radius 1 is 1.25 bits per heavy atom. The van der Waals surface area contributed by atoms with Crippen LogP contribution < -0.4 is 15.5 Å². The summed E-state index contributed by atoms with van der Waals surface area (Å²) in [6.07, 6.45) is 5.80. The Labute approximate surface area is 119 Å². The van der Waals surface area contributed by atoms with E-state index in [4.69, 9.17) is 0 Å². The smallest absolute Gasteiger partial charge is 0.101 e. The van der Waals surface area contributed by atoms with E-state index >= 15 is 0 Å². The van der Waals surface area contributed by atoms with E-state index in [1.807, 2.05) is 12.5 Å². The van der Waals surface area contributed by atoms with Gasteiger partial charge in [-0.1, -0.05) is 12.1 Å². The van der Waals surface area contributed by atoms with Gasteiger partial charge in [-0.25, -0.2) is 4.98 Å². The summed E-state index contributed by atoms with van der Waals surface area (Å²) < 4.78 is 2.06. The van der Waals surface area contributed by atoms with Crippen LogP contribution in [0.1, 0.15) is 13.1 Å². The first-order valence-corrected chi connectivity index (χ1v) is 7.13. The number of nitrogens with one attached hydrogen (secondary N) is 2. The summed E-state index contributed by atoms with van der Waals surface area (Å²) >= 11 is 0. The number of imidazole rings is 1. The summed E-state index contributed by atoms with van der Waals surface area (Å²) in [6.45, 7) is 6.34. The van der Waals surface area contributed by atoms with E-state index in [2.05, 4.69) is 56.3 Å². The number of benzene rings is 1. The van der Waals surface area contributed by atoms with Crippen LogP contribution in [0.15, 0.2) is 43.0 Å². The van der Waals surface area contributed by atoms with Crippen LogP contribution >= 0.6 is 0 Å². The van der Waals surface area contributed by atoms with Gasteiger partial charge in [0.25, 0.3) is 0 Å². The van der Waals surface area contributed by atoms with Gasteiger partial charge >= 0.3 is 0 Å². The molecule has 0 bridgehead atoms. The lowest BCUT2D eigenvalue weighted by molar-refractivity contribution is 0.586. The highest BCUT2D eigenvalue weighted by molar-refractivity contribution is 5.70. The van der Waals surface area contributed by atoms with Gasteiger partial charge in [0.2, 0.25) is 0 Å². The summed E-state index contributed by atoms with van der Waals surface area (Å²) in [5, 5.41) is 6.96. The van der Waals surface area contributed by atoms with Crippen LogP contribution in [-0.4, -0.2) is 35.7 Å². The quantitative estimate of drug-likeness (QED) is 0.892. The van der Waals surface area contributed by atoms with Crippen molar-refractivity contribution in [2.24, 2.45) is 0 Å². The minimum absolute atomic E-state index is 0.182. The Balaban J connectivity index is 1.78. The molecule has 5 nitrogen and oxygen atoms in total. The standard InChI is InChI=1S/C15H21N5/c1-13(20-11-8-17-12-20)18-14-4-2-3-5-15(14)19-9-6-16-7-10-19/h2-5,8,11-13,16,18H,6-7,9-10H2,1H3. The van der Waals surface area contributed by atoms with E-state index in [0.29, 0.717) is 0 Å². The van der Waals surface area contributed by atoms with Crippen molar-refractivity contribution in [1.82, 2.24) is 14.9 Å². The summed E-state index contributed by atoms with van der Waals surface area (Å²) in [6, 6.07) is 8.51. The van der Waals surface area contributed by atoms with Gasteiger partial charge in [-0.3, -0.25) is 0 Å². The van der Waals surface area contributed by atoms with Crippen molar-refractivity contribution >= 4 is 11.4 Å². The predicted octanol–water partition coefficient (Wildman–Crippen LogP) is 1.92. The number of aromatic nitrogens is 2. The SMILES string of the molecule is CC(Nc1ccccc1N1CCNCC1)n1ccnc1. The van der Waals surface area contributed by atoms with Gasteiger partial charge in [0.1, 0.15) is 6.17 Å². The van der Waals surface area contributed by atoms with E-state index < -0.39 is 0 Å². The van der Waals surface area contributed by atoms with E-state index in [9.17, 15) is 0 Å². The second-order valence-electron chi connectivity index (χ2n) is 5.08. The zero-order chi connectivity index (χ0) is 13.8. The molecule has 1 atom stereocenters. The first kappa shape index (κ1) is 13.0. The molecule has 2 heterocycles. The molecule has 1 unspecified atom stereocenters. The molecule has 2 N–H and O–H groups in total. The lowest BCUT2D eigenvalue weighted by Crippen LogP contribution is -2.43. The van der Waals surface area contributed by atoms with Gasteiger partial charge in [-0.15, -0.1) is 0 Å². The molecule has 1 aromatic carbocycles. The first-order valence-electron chi connectivity index (χ1n) is 7.13. The van der Waals surface area contributed by atoms with Crippen LogP contribution in [0.5, 0.6) is 0 Å². The second-order valence-corrected chi connectivity index (χ2v) is 5.08. The van der Waals surface area contributed by atoms with Crippen molar-refractivity contribution < 1.29 is 0 Å². The van der Waals surface area contributed by atoms with Gasteiger partial charge in [0.15, 0.2) is 0 Å². The van der Waals surface area contributed by atoms with E-state index in [1.54, 1.807) is 6.20 Å². The van der Waals surface area contributed by atoms with Crippen molar-refractivity contribution in [3.8, 4) is 0 Å². The molecule has 0 radical (unpaired) electrons. The number of nitrogens with zero attached hydrogens (tertiary/aromatic N) is 3. The molecule has 3 rings (SSSR count). The molecular formula is C15H21N5. The highest BCUT2D eigenvalue weighted by atomic mass is 15.2. The lowest BCUT2D eigenvalue weighted by Gasteiger charge is -2.32. The molecule has 1 aliphatic heterocycles. The predicted molar refractivity (Wildman–Crippen MR) is 82.1 cm³/mol. The topological polar surface area (TPSA) is 45.1 Å². The molecule has 1 aromatic heterocycles. The fourth-order valence-corrected chi connectivity index (χ4v) is 2.58. The Morgan fingerprint density at radius 2 is 2.05 bits per heavy atom. The van der Waals surface area contributed by atoms with Gasteiger partial charge < -0.3 is 20.1 Å². The Kier molecular flexibility index (Phi) is 3.87. The molecule has 1 fully saturated rings. The largest absolute Gasteiger partial charge is 0.367 e. The van der Waals surface area contributed by atoms with E-state index in [0.717, 1.165) is 26.2 Å². The fraction of sp³-hybridized carbons (Fsp3) is 0.400. The van der Waals surface area contributed by atoms with Crippen molar-refractivity contribution in [2.45, 2.75) is 13.1 Å². The van der Waals surface area contributed by atoms with Crippen molar-refractivity contribution in [2.75, 3.05) is 36.4 Å². The van der Waals surface area contributed by atoms with E-state index in [-0.39, 0.29) is 6.17 Å². The van der Waals surface area contributed by atoms with Crippen LogP contribution in [0.4, 0.5) is 11.4 Å². The molecule has 1 saturated heterocycles. The molecule has 106 valence electrons. The Bertz CT molecular complexity index is 531. The number of rotatable bonds is 4. The van der Waals surface area contributed by atoms with Crippen LogP contribution in [-0.2, 0) is 0 Å². The highest BCUT2D eigenvalue weighted by Gasteiger charge is 2.14. The third-order valence-electron chi connectivity index (χ3n) is 3.70. The lowest BCUT2D eigenvalue weighted by atomic mass is 10.2. The second kappa shape index (κ2) is 5.96. The van der Waals surface area contributed by atoms with Gasteiger partial charge in [0, 0.05) is 38.6 Å². The van der Waals surface area contributed by atoms with Gasteiger partial charge in [0.05, 0.1) is 17.7 Å². The van der Waals surface area contributed by atoms with Crippen molar-refractivity contribution in [1.29, 1.82) is 0 Å². The average molecular weight is 271 g/mol. The summed E-state index contributed by atoms with van der Waals surface area (Å²) in [7, 11) is 0. The van der Waals surface area contributed by atoms with Crippen molar-refractivity contribution in [3.05, 3.63) is 43.0 Å². The molecule has 20 heavy (non-hydrogen) atoms. The molecule has 0 amide bonds. The zero-order valence-corrected chi connectivity index (χ0v) is 11.8. The maximum absolute atomic E-state index is 4.10. The van der Waals surface area contributed by atoms with Gasteiger partial charge in [-0.2, -0.15) is 0 Å². The molecule has 0 spiro atoms. The van der Waals surface area contributed by atoms with Crippen LogP contribution in [0, 0.1) is 0 Å². The zero-order valence-electron chi connectivity index (χ0n) is 11.8. The monoisotopic (exact) mass is 271 g/mol.